The second-order valence-electron chi connectivity index (χ2n) is 7.07. The van der Waals surface area contributed by atoms with Crippen LogP contribution in [0.4, 0.5) is 0 Å². The Labute approximate surface area is 162 Å². The fourth-order valence-electron chi connectivity index (χ4n) is 3.89. The second-order valence-corrected chi connectivity index (χ2v) is 9.52. The number of nitriles is 1. The van der Waals surface area contributed by atoms with Gasteiger partial charge in [0.15, 0.2) is 9.84 Å². The van der Waals surface area contributed by atoms with Crippen LogP contribution in [0.3, 0.4) is 0 Å². The highest BCUT2D eigenvalue weighted by atomic mass is 32.2. The van der Waals surface area contributed by atoms with Crippen LogP contribution < -0.4 is 4.74 Å². The van der Waals surface area contributed by atoms with Gasteiger partial charge in [-0.3, -0.25) is 4.79 Å². The van der Waals surface area contributed by atoms with Crippen molar-refractivity contribution >= 4 is 15.7 Å². The number of sulfone groups is 1. The number of ether oxygens (including phenoxy) is 1. The average Bonchev–Trinajstić information content (AvgIpc) is 2.96. The maximum absolute atomic E-state index is 12.7. The Bertz CT molecular complexity index is 1040. The highest BCUT2D eigenvalue weighted by Gasteiger charge is 2.62. The van der Waals surface area contributed by atoms with Crippen molar-refractivity contribution in [2.24, 2.45) is 5.92 Å². The first-order valence-corrected chi connectivity index (χ1v) is 10.5. The summed E-state index contributed by atoms with van der Waals surface area (Å²) < 4.78 is 30.1. The molecule has 1 aromatic carbocycles. The number of rotatable bonds is 4. The van der Waals surface area contributed by atoms with E-state index in [1.165, 1.54) is 11.0 Å². The number of aromatic nitrogens is 2. The van der Waals surface area contributed by atoms with Crippen molar-refractivity contribution in [3.63, 3.8) is 0 Å². The van der Waals surface area contributed by atoms with Crippen LogP contribution in [0.5, 0.6) is 6.01 Å². The minimum absolute atomic E-state index is 0.0859. The summed E-state index contributed by atoms with van der Waals surface area (Å²) in [5.74, 6) is -0.408. The number of likely N-dealkylation sites (tertiary alicyclic amines) is 1. The van der Waals surface area contributed by atoms with Crippen LogP contribution in [0.2, 0.25) is 0 Å². The molecular weight excluding hydrogens is 380 g/mol. The molecular formula is C19H18N4O4S. The second kappa shape index (κ2) is 6.87. The minimum atomic E-state index is -3.33. The molecule has 0 saturated carbocycles. The molecule has 0 aliphatic carbocycles. The van der Waals surface area contributed by atoms with Crippen LogP contribution >= 0.6 is 0 Å². The van der Waals surface area contributed by atoms with Crippen molar-refractivity contribution in [2.75, 3.05) is 25.4 Å². The summed E-state index contributed by atoms with van der Waals surface area (Å²) in [7, 11) is -3.33. The van der Waals surface area contributed by atoms with Crippen molar-refractivity contribution in [2.45, 2.75) is 11.2 Å². The lowest BCUT2D eigenvalue weighted by molar-refractivity contribution is 0.0403. The van der Waals surface area contributed by atoms with Crippen LogP contribution in [-0.2, 0) is 9.84 Å². The van der Waals surface area contributed by atoms with Crippen LogP contribution in [-0.4, -0.2) is 59.4 Å². The third-order valence-corrected chi connectivity index (χ3v) is 8.10. The standard InChI is InChI=1S/C19H18N4O4S/c20-10-14-3-1-4-15(9-14)17(24)23-12-19(13-23)16(5-8-28(19,25)26)11-27-18-21-6-2-7-22-18/h1-4,6-7,9,16H,5,8,11-13H2/t16-/m1/s1. The normalized spacial score (nSPS) is 21.7. The third-order valence-electron chi connectivity index (χ3n) is 5.50. The lowest BCUT2D eigenvalue weighted by atomic mass is 9.83. The predicted octanol–water partition coefficient (Wildman–Crippen LogP) is 1.06. The number of benzene rings is 1. The molecule has 9 heteroatoms. The van der Waals surface area contributed by atoms with Crippen LogP contribution in [0.1, 0.15) is 22.3 Å². The molecule has 1 amide bonds. The highest BCUT2D eigenvalue weighted by molar-refractivity contribution is 7.93. The highest BCUT2D eigenvalue weighted by Crippen LogP contribution is 2.45. The summed E-state index contributed by atoms with van der Waals surface area (Å²) in [5, 5.41) is 9.00. The number of carbonyl (C=O) groups excluding carboxylic acids is 1. The number of carbonyl (C=O) groups is 1. The molecule has 2 aliphatic heterocycles. The Morgan fingerprint density at radius 2 is 2.04 bits per heavy atom. The first-order chi connectivity index (χ1) is 13.4. The predicted molar refractivity (Wildman–Crippen MR) is 99.2 cm³/mol. The maximum atomic E-state index is 12.7. The number of nitrogens with zero attached hydrogens (tertiary/aromatic N) is 4. The van der Waals surface area contributed by atoms with Crippen LogP contribution in [0.15, 0.2) is 42.7 Å². The Kier molecular flexibility index (Phi) is 4.51. The van der Waals surface area contributed by atoms with Gasteiger partial charge in [-0.15, -0.1) is 0 Å². The average molecular weight is 398 g/mol. The van der Waals surface area contributed by atoms with Crippen molar-refractivity contribution in [3.05, 3.63) is 53.9 Å². The Morgan fingerprint density at radius 1 is 1.29 bits per heavy atom. The molecule has 8 nitrogen and oxygen atoms in total. The van der Waals surface area contributed by atoms with Gasteiger partial charge in [0.05, 0.1) is 24.0 Å². The zero-order valence-corrected chi connectivity index (χ0v) is 15.8. The molecule has 4 rings (SSSR count). The largest absolute Gasteiger partial charge is 0.463 e. The molecule has 2 fully saturated rings. The van der Waals surface area contributed by atoms with Gasteiger partial charge in [0, 0.05) is 37.0 Å². The summed E-state index contributed by atoms with van der Waals surface area (Å²) in [4.78, 5) is 22.2. The van der Waals surface area contributed by atoms with Gasteiger partial charge in [-0.1, -0.05) is 6.07 Å². The van der Waals surface area contributed by atoms with Crippen molar-refractivity contribution < 1.29 is 17.9 Å². The van der Waals surface area contributed by atoms with E-state index in [2.05, 4.69) is 9.97 Å². The van der Waals surface area contributed by atoms with E-state index in [4.69, 9.17) is 10.00 Å². The van der Waals surface area contributed by atoms with Gasteiger partial charge in [-0.25, -0.2) is 18.4 Å². The van der Waals surface area contributed by atoms with Crippen LogP contribution in [0.25, 0.3) is 0 Å². The van der Waals surface area contributed by atoms with Crippen molar-refractivity contribution in [1.82, 2.24) is 14.9 Å². The zero-order valence-electron chi connectivity index (χ0n) is 15.0. The van der Waals surface area contributed by atoms with Gasteiger partial charge in [0.25, 0.3) is 5.91 Å². The molecule has 0 bridgehead atoms. The fourth-order valence-corrected chi connectivity index (χ4v) is 6.29. The first kappa shape index (κ1) is 18.4. The number of amides is 1. The summed E-state index contributed by atoms with van der Waals surface area (Å²) >= 11 is 0. The van der Waals surface area contributed by atoms with Gasteiger partial charge in [-0.2, -0.15) is 5.26 Å². The van der Waals surface area contributed by atoms with E-state index in [0.29, 0.717) is 17.5 Å². The topological polar surface area (TPSA) is 113 Å². The molecule has 2 aliphatic rings. The van der Waals surface area contributed by atoms with Gasteiger partial charge in [0.2, 0.25) is 0 Å². The molecule has 0 unspecified atom stereocenters. The fraction of sp³-hybridized carbons (Fsp3) is 0.368. The van der Waals surface area contributed by atoms with Gasteiger partial charge in [-0.05, 0) is 30.7 Å². The summed E-state index contributed by atoms with van der Waals surface area (Å²) in [6.45, 7) is 0.457. The quantitative estimate of drug-likeness (QED) is 0.756. The number of hydrogen-bond acceptors (Lipinski definition) is 7. The van der Waals surface area contributed by atoms with E-state index < -0.39 is 14.6 Å². The number of hydrogen-bond donors (Lipinski definition) is 0. The molecule has 1 aromatic heterocycles. The van der Waals surface area contributed by atoms with E-state index in [0.717, 1.165) is 0 Å². The third kappa shape index (κ3) is 2.99. The maximum Gasteiger partial charge on any atom is 0.316 e. The zero-order chi connectivity index (χ0) is 19.8. The van der Waals surface area contributed by atoms with E-state index in [1.807, 2.05) is 6.07 Å². The van der Waals surface area contributed by atoms with Crippen molar-refractivity contribution in [3.8, 4) is 12.1 Å². The smallest absolute Gasteiger partial charge is 0.316 e. The van der Waals surface area contributed by atoms with Crippen LogP contribution in [0, 0.1) is 17.2 Å². The molecule has 0 radical (unpaired) electrons. The molecule has 28 heavy (non-hydrogen) atoms. The Balaban J connectivity index is 1.48. The van der Waals surface area contributed by atoms with E-state index in [9.17, 15) is 13.2 Å². The molecule has 3 heterocycles. The van der Waals surface area contributed by atoms with E-state index in [-0.39, 0.29) is 43.3 Å². The van der Waals surface area contributed by atoms with Gasteiger partial charge in [0.1, 0.15) is 4.75 Å². The lowest BCUT2D eigenvalue weighted by Gasteiger charge is -2.49. The van der Waals surface area contributed by atoms with E-state index >= 15 is 0 Å². The van der Waals surface area contributed by atoms with Gasteiger partial charge < -0.3 is 9.64 Å². The minimum Gasteiger partial charge on any atom is -0.463 e. The summed E-state index contributed by atoms with van der Waals surface area (Å²) in [6.07, 6.45) is 3.60. The van der Waals surface area contributed by atoms with Gasteiger partial charge >= 0.3 is 6.01 Å². The monoisotopic (exact) mass is 398 g/mol. The lowest BCUT2D eigenvalue weighted by Crippen LogP contribution is -2.68. The molecule has 2 aromatic rings. The molecule has 0 N–H and O–H groups in total. The molecule has 1 spiro atoms. The summed E-state index contributed by atoms with van der Waals surface area (Å²) in [5.41, 5.74) is 0.776. The molecule has 2 saturated heterocycles. The molecule has 144 valence electrons. The molecule has 1 atom stereocenters. The van der Waals surface area contributed by atoms with Crippen molar-refractivity contribution in [1.29, 1.82) is 5.26 Å². The first-order valence-electron chi connectivity index (χ1n) is 8.87. The SMILES string of the molecule is N#Cc1cccc(C(=O)N2CC3(C2)[C@@H](COc2ncccn2)CCS3(=O)=O)c1. The summed E-state index contributed by atoms with van der Waals surface area (Å²) in [6, 6.07) is 10.3. The van der Waals surface area contributed by atoms with E-state index in [1.54, 1.807) is 36.7 Å². The Morgan fingerprint density at radius 3 is 2.75 bits per heavy atom. The Hall–Kier alpha value is -2.99.